The molecule has 0 spiro atoms. The Morgan fingerprint density at radius 1 is 0.710 bits per heavy atom. The molecule has 3 rings (SSSR count). The molecule has 1 aliphatic carbocycles. The van der Waals surface area contributed by atoms with Gasteiger partial charge >= 0.3 is 0 Å². The number of rotatable bonds is 4. The summed E-state index contributed by atoms with van der Waals surface area (Å²) in [4.78, 5) is 13.4. The normalized spacial score (nSPS) is 20.3. The molecule has 0 saturated heterocycles. The summed E-state index contributed by atoms with van der Waals surface area (Å²) in [7, 11) is 0. The van der Waals surface area contributed by atoms with Crippen LogP contribution in [0.5, 0.6) is 0 Å². The van der Waals surface area contributed by atoms with Crippen LogP contribution in [0.4, 0.5) is 0 Å². The van der Waals surface area contributed by atoms with Gasteiger partial charge in [-0.25, -0.2) is 0 Å². The molecule has 2 aromatic rings. The van der Waals surface area contributed by atoms with Crippen molar-refractivity contribution in [3.63, 3.8) is 0 Å². The van der Waals surface area contributed by atoms with Crippen LogP contribution in [-0.2, 0) is 4.79 Å². The first-order chi connectivity index (χ1) is 14.5. The van der Waals surface area contributed by atoms with Crippen LogP contribution in [0.2, 0.25) is 0 Å². The van der Waals surface area contributed by atoms with Crippen molar-refractivity contribution in [1.82, 2.24) is 0 Å². The van der Waals surface area contributed by atoms with Gasteiger partial charge in [-0.1, -0.05) is 97.0 Å². The lowest BCUT2D eigenvalue weighted by atomic mass is 9.68. The molecule has 1 aliphatic rings. The minimum Gasteiger partial charge on any atom is -0.289 e. The van der Waals surface area contributed by atoms with Crippen molar-refractivity contribution in [3.8, 4) is 0 Å². The van der Waals surface area contributed by atoms with Gasteiger partial charge in [-0.2, -0.15) is 0 Å². The largest absolute Gasteiger partial charge is 0.289 e. The standard InChI is InChI=1S/C30H38O/c1-20(2)24-12-8-22(9-13-24)16-26-18-28(30(5,6)7)19-27(29(26)31)17-23-10-14-25(15-11-23)21(3)4/h8-17,20-21,28H,18-19H2,1-7H3/b26-16+,27-17+. The van der Waals surface area contributed by atoms with Gasteiger partial charge in [0.15, 0.2) is 5.78 Å². The first-order valence-corrected chi connectivity index (χ1v) is 11.7. The first-order valence-electron chi connectivity index (χ1n) is 11.7. The molecule has 0 aliphatic heterocycles. The van der Waals surface area contributed by atoms with Gasteiger partial charge in [0, 0.05) is 11.1 Å². The zero-order chi connectivity index (χ0) is 22.8. The molecule has 1 saturated carbocycles. The molecule has 164 valence electrons. The van der Waals surface area contributed by atoms with Crippen LogP contribution in [-0.4, -0.2) is 5.78 Å². The molecule has 2 aromatic carbocycles. The van der Waals surface area contributed by atoms with E-state index in [-0.39, 0.29) is 11.2 Å². The number of Topliss-reactive ketones (excluding diaryl/α,β-unsaturated/α-hetero) is 1. The van der Waals surface area contributed by atoms with E-state index in [9.17, 15) is 4.79 Å². The van der Waals surface area contributed by atoms with Crippen LogP contribution in [0.1, 0.15) is 95.4 Å². The van der Waals surface area contributed by atoms with Crippen molar-refractivity contribution in [1.29, 1.82) is 0 Å². The molecule has 0 atom stereocenters. The highest BCUT2D eigenvalue weighted by Crippen LogP contribution is 2.42. The summed E-state index contributed by atoms with van der Waals surface area (Å²) < 4.78 is 0. The minimum absolute atomic E-state index is 0.155. The number of ketones is 1. The summed E-state index contributed by atoms with van der Waals surface area (Å²) in [5, 5.41) is 0. The van der Waals surface area contributed by atoms with Gasteiger partial charge in [0.05, 0.1) is 0 Å². The molecule has 0 radical (unpaired) electrons. The number of hydrogen-bond donors (Lipinski definition) is 0. The predicted molar refractivity (Wildman–Crippen MR) is 134 cm³/mol. The second-order valence-electron chi connectivity index (χ2n) is 10.8. The lowest BCUT2D eigenvalue weighted by Gasteiger charge is -2.35. The fourth-order valence-corrected chi connectivity index (χ4v) is 4.21. The highest BCUT2D eigenvalue weighted by Gasteiger charge is 2.34. The van der Waals surface area contributed by atoms with E-state index in [1.165, 1.54) is 11.1 Å². The molecule has 1 nitrogen and oxygen atoms in total. The quantitative estimate of drug-likeness (QED) is 0.459. The van der Waals surface area contributed by atoms with E-state index >= 15 is 0 Å². The van der Waals surface area contributed by atoms with Crippen LogP contribution in [0, 0.1) is 11.3 Å². The summed E-state index contributed by atoms with van der Waals surface area (Å²) in [6.07, 6.45) is 5.91. The molecular formula is C30H38O. The smallest absolute Gasteiger partial charge is 0.185 e. The summed E-state index contributed by atoms with van der Waals surface area (Å²) in [6, 6.07) is 17.3. The van der Waals surface area contributed by atoms with Crippen molar-refractivity contribution in [2.75, 3.05) is 0 Å². The summed E-state index contributed by atoms with van der Waals surface area (Å²) in [5.74, 6) is 1.69. The fourth-order valence-electron chi connectivity index (χ4n) is 4.21. The minimum atomic E-state index is 0.155. The van der Waals surface area contributed by atoms with Crippen molar-refractivity contribution < 1.29 is 4.79 Å². The second-order valence-corrected chi connectivity index (χ2v) is 10.8. The Morgan fingerprint density at radius 3 is 1.35 bits per heavy atom. The van der Waals surface area contributed by atoms with E-state index in [2.05, 4.69) is 109 Å². The maximum absolute atomic E-state index is 13.4. The molecule has 1 fully saturated rings. The van der Waals surface area contributed by atoms with Crippen LogP contribution < -0.4 is 0 Å². The van der Waals surface area contributed by atoms with Gasteiger partial charge < -0.3 is 0 Å². The zero-order valence-electron chi connectivity index (χ0n) is 20.3. The van der Waals surface area contributed by atoms with E-state index in [0.29, 0.717) is 17.8 Å². The Morgan fingerprint density at radius 2 is 1.06 bits per heavy atom. The summed E-state index contributed by atoms with van der Waals surface area (Å²) in [6.45, 7) is 15.7. The topological polar surface area (TPSA) is 17.1 Å². The van der Waals surface area contributed by atoms with Crippen LogP contribution >= 0.6 is 0 Å². The van der Waals surface area contributed by atoms with E-state index in [4.69, 9.17) is 0 Å². The first kappa shape index (κ1) is 23.3. The van der Waals surface area contributed by atoms with Gasteiger partial charge in [-0.3, -0.25) is 4.79 Å². The lowest BCUT2D eigenvalue weighted by Crippen LogP contribution is -2.29. The van der Waals surface area contributed by atoms with Crippen molar-refractivity contribution >= 4 is 17.9 Å². The number of allylic oxidation sites excluding steroid dienone is 2. The Labute approximate surface area is 189 Å². The predicted octanol–water partition coefficient (Wildman–Crippen LogP) is 8.43. The summed E-state index contributed by atoms with van der Waals surface area (Å²) in [5.41, 5.74) is 6.92. The van der Waals surface area contributed by atoms with Gasteiger partial charge in [-0.15, -0.1) is 0 Å². The van der Waals surface area contributed by atoms with Gasteiger partial charge in [0.25, 0.3) is 0 Å². The van der Waals surface area contributed by atoms with Crippen LogP contribution in [0.3, 0.4) is 0 Å². The van der Waals surface area contributed by atoms with Crippen molar-refractivity contribution in [3.05, 3.63) is 81.9 Å². The van der Waals surface area contributed by atoms with Gasteiger partial charge in [-0.05, 0) is 70.4 Å². The average molecular weight is 415 g/mol. The number of hydrogen-bond acceptors (Lipinski definition) is 1. The second kappa shape index (κ2) is 9.39. The molecule has 0 N–H and O–H groups in total. The highest BCUT2D eigenvalue weighted by atomic mass is 16.1. The fraction of sp³-hybridized carbons (Fsp3) is 0.433. The van der Waals surface area contributed by atoms with Crippen LogP contribution in [0.15, 0.2) is 59.7 Å². The maximum atomic E-state index is 13.4. The van der Waals surface area contributed by atoms with E-state index in [1.54, 1.807) is 0 Å². The molecule has 0 unspecified atom stereocenters. The number of carbonyl (C=O) groups excluding carboxylic acids is 1. The average Bonchev–Trinajstić information content (AvgIpc) is 2.71. The Bertz CT molecular complexity index is 887. The van der Waals surface area contributed by atoms with Gasteiger partial charge in [0.1, 0.15) is 0 Å². The third-order valence-electron chi connectivity index (χ3n) is 6.63. The monoisotopic (exact) mass is 414 g/mol. The number of carbonyl (C=O) groups is 1. The molecule has 0 amide bonds. The van der Waals surface area contributed by atoms with Crippen LogP contribution in [0.25, 0.3) is 12.2 Å². The van der Waals surface area contributed by atoms with E-state index in [0.717, 1.165) is 35.1 Å². The van der Waals surface area contributed by atoms with Gasteiger partial charge in [0.2, 0.25) is 0 Å². The Balaban J connectivity index is 1.95. The lowest BCUT2D eigenvalue weighted by molar-refractivity contribution is -0.113. The van der Waals surface area contributed by atoms with E-state index < -0.39 is 0 Å². The van der Waals surface area contributed by atoms with E-state index in [1.807, 2.05) is 0 Å². The third-order valence-corrected chi connectivity index (χ3v) is 6.63. The molecule has 0 aromatic heterocycles. The molecule has 0 bridgehead atoms. The van der Waals surface area contributed by atoms with Crippen molar-refractivity contribution in [2.45, 2.75) is 73.1 Å². The molecular weight excluding hydrogens is 376 g/mol. The van der Waals surface area contributed by atoms with Crippen molar-refractivity contribution in [2.24, 2.45) is 11.3 Å². The molecule has 0 heterocycles. The molecule has 1 heteroatoms. The highest BCUT2D eigenvalue weighted by molar-refractivity contribution is 6.14. The third kappa shape index (κ3) is 5.85. The number of benzene rings is 2. The Kier molecular flexibility index (Phi) is 7.04. The SMILES string of the molecule is CC(C)c1ccc(/C=C2\CC(C(C)(C)C)C/C(=C\c3ccc(C(C)C)cc3)C2=O)cc1. The zero-order valence-corrected chi connectivity index (χ0v) is 20.3. The molecule has 31 heavy (non-hydrogen) atoms. The maximum Gasteiger partial charge on any atom is 0.185 e. The Hall–Kier alpha value is -2.41. The summed E-state index contributed by atoms with van der Waals surface area (Å²) >= 11 is 0.